The molecule has 108 valence electrons. The van der Waals surface area contributed by atoms with Crippen LogP contribution < -0.4 is 10.3 Å². The molecule has 0 aliphatic carbocycles. The van der Waals surface area contributed by atoms with Crippen molar-refractivity contribution < 1.29 is 14.3 Å². The zero-order valence-electron chi connectivity index (χ0n) is 11.1. The van der Waals surface area contributed by atoms with Gasteiger partial charge in [0.15, 0.2) is 5.82 Å². The second-order valence-corrected chi connectivity index (χ2v) is 4.79. The number of carbonyl (C=O) groups excluding carboxylic acids is 1. The van der Waals surface area contributed by atoms with E-state index >= 15 is 0 Å². The number of hydrogen-bond donors (Lipinski definition) is 0. The van der Waals surface area contributed by atoms with Gasteiger partial charge in [0.1, 0.15) is 18.1 Å². The second kappa shape index (κ2) is 5.21. The molecule has 0 amide bonds. The smallest absolute Gasteiger partial charge is 0.355 e. The Kier molecular flexibility index (Phi) is 3.39. The van der Waals surface area contributed by atoms with Gasteiger partial charge >= 0.3 is 5.97 Å². The summed E-state index contributed by atoms with van der Waals surface area (Å²) in [5.41, 5.74) is 0.149. The van der Waals surface area contributed by atoms with Crippen LogP contribution in [-0.4, -0.2) is 22.1 Å². The highest BCUT2D eigenvalue weighted by molar-refractivity contribution is 6.30. The maximum Gasteiger partial charge on any atom is 0.355 e. The number of benzene rings is 1. The van der Waals surface area contributed by atoms with Gasteiger partial charge in [-0.25, -0.2) is 4.79 Å². The quantitative estimate of drug-likeness (QED) is 0.793. The van der Waals surface area contributed by atoms with Crippen LogP contribution in [0.1, 0.15) is 23.2 Å². The van der Waals surface area contributed by atoms with E-state index in [0.29, 0.717) is 22.3 Å². The molecular formula is C14H11ClN2O4. The minimum absolute atomic E-state index is 0.0944. The summed E-state index contributed by atoms with van der Waals surface area (Å²) in [6, 6.07) is 6.19. The lowest BCUT2D eigenvalue weighted by Gasteiger charge is -2.24. The van der Waals surface area contributed by atoms with Crippen LogP contribution in [0.15, 0.2) is 29.1 Å². The molecule has 0 saturated heterocycles. The number of nitrogens with zero attached hydrogens (tertiary/aromatic N) is 2. The highest BCUT2D eigenvalue weighted by Gasteiger charge is 2.24. The molecule has 0 spiro atoms. The fourth-order valence-electron chi connectivity index (χ4n) is 2.18. The molecular weight excluding hydrogens is 296 g/mol. The molecule has 0 fully saturated rings. The van der Waals surface area contributed by atoms with E-state index < -0.39 is 11.5 Å². The molecule has 1 aliphatic heterocycles. The molecule has 0 N–H and O–H groups in total. The van der Waals surface area contributed by atoms with Crippen molar-refractivity contribution in [2.24, 2.45) is 0 Å². The lowest BCUT2D eigenvalue weighted by molar-refractivity contribution is 0.0513. The first kappa shape index (κ1) is 13.6. The standard InChI is InChI=1S/C14H11ClN2O4/c1-2-20-14(19)10-6-13(18)16-12-7-21-11-4-3-8(15)5-9(11)17(10)12/h3-6H,2,7H2,1H3. The summed E-state index contributed by atoms with van der Waals surface area (Å²) in [4.78, 5) is 27.6. The zero-order chi connectivity index (χ0) is 15.0. The van der Waals surface area contributed by atoms with E-state index in [0.717, 1.165) is 6.07 Å². The minimum Gasteiger partial charge on any atom is -0.483 e. The number of rotatable bonds is 2. The maximum atomic E-state index is 12.1. The lowest BCUT2D eigenvalue weighted by atomic mass is 10.2. The monoisotopic (exact) mass is 306 g/mol. The molecule has 2 heterocycles. The molecule has 0 radical (unpaired) electrons. The lowest BCUT2D eigenvalue weighted by Crippen LogP contribution is -2.27. The van der Waals surface area contributed by atoms with Gasteiger partial charge in [0.2, 0.25) is 0 Å². The van der Waals surface area contributed by atoms with Crippen LogP contribution >= 0.6 is 11.6 Å². The van der Waals surface area contributed by atoms with Gasteiger partial charge in [-0.05, 0) is 25.1 Å². The van der Waals surface area contributed by atoms with E-state index in [1.54, 1.807) is 29.7 Å². The zero-order valence-corrected chi connectivity index (χ0v) is 11.9. The van der Waals surface area contributed by atoms with Gasteiger partial charge in [0.05, 0.1) is 12.3 Å². The van der Waals surface area contributed by atoms with Crippen LogP contribution in [0.2, 0.25) is 5.02 Å². The fourth-order valence-corrected chi connectivity index (χ4v) is 2.35. The molecule has 3 rings (SSSR count). The average molecular weight is 307 g/mol. The van der Waals surface area contributed by atoms with Gasteiger partial charge in [-0.1, -0.05) is 11.6 Å². The topological polar surface area (TPSA) is 70.4 Å². The summed E-state index contributed by atoms with van der Waals surface area (Å²) in [7, 11) is 0. The van der Waals surface area contributed by atoms with E-state index in [1.807, 2.05) is 0 Å². The first-order chi connectivity index (χ1) is 10.1. The van der Waals surface area contributed by atoms with E-state index in [1.165, 1.54) is 0 Å². The molecule has 6 nitrogen and oxygen atoms in total. The van der Waals surface area contributed by atoms with Crippen LogP contribution in [0.25, 0.3) is 5.69 Å². The summed E-state index contributed by atoms with van der Waals surface area (Å²) < 4.78 is 12.1. The Morgan fingerprint density at radius 3 is 3.05 bits per heavy atom. The predicted octanol–water partition coefficient (Wildman–Crippen LogP) is 1.95. The second-order valence-electron chi connectivity index (χ2n) is 4.35. The average Bonchev–Trinajstić information content (AvgIpc) is 2.46. The molecule has 1 aromatic carbocycles. The highest BCUT2D eigenvalue weighted by Crippen LogP contribution is 2.32. The SMILES string of the molecule is CCOC(=O)c1cc(=O)nc2n1-c1cc(Cl)ccc1OC2. The number of fused-ring (bicyclic) bond motifs is 3. The van der Waals surface area contributed by atoms with Gasteiger partial charge < -0.3 is 9.47 Å². The van der Waals surface area contributed by atoms with Crippen LogP contribution in [0, 0.1) is 0 Å². The van der Waals surface area contributed by atoms with E-state index in [2.05, 4.69) is 4.98 Å². The molecule has 7 heteroatoms. The van der Waals surface area contributed by atoms with Gasteiger partial charge in [-0.15, -0.1) is 0 Å². The fraction of sp³-hybridized carbons (Fsp3) is 0.214. The van der Waals surface area contributed by atoms with E-state index in [-0.39, 0.29) is 18.9 Å². The van der Waals surface area contributed by atoms with E-state index in [4.69, 9.17) is 21.1 Å². The van der Waals surface area contributed by atoms with Crippen molar-refractivity contribution in [3.63, 3.8) is 0 Å². The van der Waals surface area contributed by atoms with Gasteiger partial charge in [0.25, 0.3) is 5.56 Å². The third kappa shape index (κ3) is 2.38. The molecule has 0 unspecified atom stereocenters. The molecule has 21 heavy (non-hydrogen) atoms. The predicted molar refractivity (Wildman–Crippen MR) is 75.1 cm³/mol. The van der Waals surface area contributed by atoms with Crippen molar-refractivity contribution in [3.8, 4) is 11.4 Å². The van der Waals surface area contributed by atoms with Crippen molar-refractivity contribution >= 4 is 17.6 Å². The summed E-state index contributed by atoms with van der Waals surface area (Å²) in [5.74, 6) is 0.300. The van der Waals surface area contributed by atoms with Crippen molar-refractivity contribution in [1.82, 2.24) is 9.55 Å². The first-order valence-electron chi connectivity index (χ1n) is 6.33. The Balaban J connectivity index is 2.28. The Morgan fingerprint density at radius 1 is 1.48 bits per heavy atom. The third-order valence-corrected chi connectivity index (χ3v) is 3.24. The number of esters is 1. The molecule has 2 aromatic rings. The van der Waals surface area contributed by atoms with Crippen LogP contribution in [0.5, 0.6) is 5.75 Å². The Labute approximate surface area is 124 Å². The van der Waals surface area contributed by atoms with Gasteiger partial charge in [0, 0.05) is 11.1 Å². The van der Waals surface area contributed by atoms with Crippen molar-refractivity contribution in [2.45, 2.75) is 13.5 Å². The molecule has 0 atom stereocenters. The largest absolute Gasteiger partial charge is 0.483 e. The molecule has 0 bridgehead atoms. The van der Waals surface area contributed by atoms with Crippen LogP contribution in [0.4, 0.5) is 0 Å². The summed E-state index contributed by atoms with van der Waals surface area (Å²) >= 11 is 6.00. The third-order valence-electron chi connectivity index (χ3n) is 3.00. The first-order valence-corrected chi connectivity index (χ1v) is 6.70. The Morgan fingerprint density at radius 2 is 2.29 bits per heavy atom. The number of hydrogen-bond acceptors (Lipinski definition) is 5. The Bertz CT molecular complexity index is 785. The number of ether oxygens (including phenoxy) is 2. The summed E-state index contributed by atoms with van der Waals surface area (Å²) in [6.45, 7) is 2.00. The van der Waals surface area contributed by atoms with Crippen LogP contribution in [-0.2, 0) is 11.3 Å². The van der Waals surface area contributed by atoms with Crippen LogP contribution in [0.3, 0.4) is 0 Å². The minimum atomic E-state index is -0.592. The summed E-state index contributed by atoms with van der Waals surface area (Å²) in [6.07, 6.45) is 0. The number of halogens is 1. The molecule has 0 saturated carbocycles. The number of aromatic nitrogens is 2. The molecule has 1 aliphatic rings. The van der Waals surface area contributed by atoms with E-state index in [9.17, 15) is 9.59 Å². The molecule has 1 aromatic heterocycles. The highest BCUT2D eigenvalue weighted by atomic mass is 35.5. The van der Waals surface area contributed by atoms with Crippen molar-refractivity contribution in [1.29, 1.82) is 0 Å². The number of carbonyl (C=O) groups is 1. The van der Waals surface area contributed by atoms with Gasteiger partial charge in [-0.3, -0.25) is 9.36 Å². The summed E-state index contributed by atoms with van der Waals surface area (Å²) in [5, 5.41) is 0.485. The van der Waals surface area contributed by atoms with Crippen molar-refractivity contribution in [2.75, 3.05) is 6.61 Å². The maximum absolute atomic E-state index is 12.1. The van der Waals surface area contributed by atoms with Crippen molar-refractivity contribution in [3.05, 3.63) is 51.2 Å². The Hall–Kier alpha value is -2.34. The van der Waals surface area contributed by atoms with Gasteiger partial charge in [-0.2, -0.15) is 4.98 Å². The normalized spacial score (nSPS) is 12.1.